The van der Waals surface area contributed by atoms with Crippen molar-refractivity contribution in [1.82, 2.24) is 10.2 Å². The van der Waals surface area contributed by atoms with E-state index in [-0.39, 0.29) is 12.6 Å². The molecule has 0 aliphatic carbocycles. The van der Waals surface area contributed by atoms with Crippen LogP contribution in [0.3, 0.4) is 0 Å². The molecule has 84 valence electrons. The fraction of sp³-hybridized carbons (Fsp3) is 1.00. The molecule has 1 rings (SSSR count). The maximum atomic E-state index is 8.96. The number of piperidine rings is 1. The molecule has 3 atom stereocenters. The van der Waals surface area contributed by atoms with Crippen molar-refractivity contribution in [2.45, 2.75) is 51.7 Å². The molecule has 0 aromatic rings. The summed E-state index contributed by atoms with van der Waals surface area (Å²) in [7, 11) is 0. The maximum absolute atomic E-state index is 8.96. The van der Waals surface area contributed by atoms with Crippen LogP contribution >= 0.6 is 0 Å². The molecule has 1 saturated heterocycles. The van der Waals surface area contributed by atoms with Crippen LogP contribution in [0.2, 0.25) is 0 Å². The molecular formula is C11H24N2O. The second-order valence-corrected chi connectivity index (χ2v) is 4.45. The van der Waals surface area contributed by atoms with E-state index < -0.39 is 0 Å². The lowest BCUT2D eigenvalue weighted by Crippen LogP contribution is -2.49. The summed E-state index contributed by atoms with van der Waals surface area (Å²) >= 11 is 0. The zero-order valence-electron chi connectivity index (χ0n) is 9.66. The van der Waals surface area contributed by atoms with Gasteiger partial charge in [-0.25, -0.2) is 0 Å². The zero-order valence-corrected chi connectivity index (χ0v) is 9.66. The summed E-state index contributed by atoms with van der Waals surface area (Å²) < 4.78 is 0. The first kappa shape index (κ1) is 12.0. The highest BCUT2D eigenvalue weighted by Gasteiger charge is 2.24. The van der Waals surface area contributed by atoms with E-state index in [1.807, 2.05) is 6.92 Å². The number of hydrogen-bond donors (Lipinski definition) is 2. The largest absolute Gasteiger partial charge is 0.395 e. The van der Waals surface area contributed by atoms with Gasteiger partial charge >= 0.3 is 0 Å². The van der Waals surface area contributed by atoms with Gasteiger partial charge in [0, 0.05) is 18.1 Å². The topological polar surface area (TPSA) is 35.5 Å². The van der Waals surface area contributed by atoms with Gasteiger partial charge in [-0.15, -0.1) is 0 Å². The molecule has 2 unspecified atom stereocenters. The highest BCUT2D eigenvalue weighted by Crippen LogP contribution is 2.16. The molecule has 0 amide bonds. The standard InChI is InChI=1S/C11H24N2O/c1-4-13-6-5-11(7-10(13)3)12-9(2)8-14/h9-12,14H,4-8H2,1-3H3/t9-,10?,11?/m1/s1. The minimum absolute atomic E-state index is 0.236. The average molecular weight is 200 g/mol. The number of nitrogens with one attached hydrogen (secondary N) is 1. The van der Waals surface area contributed by atoms with Crippen LogP contribution in [-0.4, -0.2) is 47.8 Å². The van der Waals surface area contributed by atoms with Gasteiger partial charge in [0.25, 0.3) is 0 Å². The van der Waals surface area contributed by atoms with Crippen LogP contribution in [0.5, 0.6) is 0 Å². The highest BCUT2D eigenvalue weighted by atomic mass is 16.3. The molecule has 3 nitrogen and oxygen atoms in total. The third-order valence-electron chi connectivity index (χ3n) is 3.21. The maximum Gasteiger partial charge on any atom is 0.0582 e. The third kappa shape index (κ3) is 3.23. The summed E-state index contributed by atoms with van der Waals surface area (Å²) in [6.07, 6.45) is 2.42. The fourth-order valence-corrected chi connectivity index (χ4v) is 2.30. The highest BCUT2D eigenvalue weighted by molar-refractivity contribution is 4.83. The number of rotatable bonds is 4. The van der Waals surface area contributed by atoms with Crippen molar-refractivity contribution in [3.63, 3.8) is 0 Å². The Hall–Kier alpha value is -0.120. The first-order chi connectivity index (χ1) is 6.67. The predicted octanol–water partition coefficient (Wildman–Crippen LogP) is 0.830. The number of aliphatic hydroxyl groups excluding tert-OH is 1. The molecule has 1 fully saturated rings. The van der Waals surface area contributed by atoms with Gasteiger partial charge in [-0.3, -0.25) is 0 Å². The smallest absolute Gasteiger partial charge is 0.0582 e. The number of aliphatic hydroxyl groups is 1. The Labute approximate surface area is 87.5 Å². The van der Waals surface area contributed by atoms with Crippen LogP contribution in [0.4, 0.5) is 0 Å². The van der Waals surface area contributed by atoms with Crippen molar-refractivity contribution in [3.8, 4) is 0 Å². The van der Waals surface area contributed by atoms with Crippen molar-refractivity contribution >= 4 is 0 Å². The lowest BCUT2D eigenvalue weighted by Gasteiger charge is -2.38. The summed E-state index contributed by atoms with van der Waals surface area (Å²) in [5.41, 5.74) is 0. The summed E-state index contributed by atoms with van der Waals surface area (Å²) in [4.78, 5) is 2.52. The van der Waals surface area contributed by atoms with E-state index >= 15 is 0 Å². The van der Waals surface area contributed by atoms with Gasteiger partial charge in [0.1, 0.15) is 0 Å². The fourth-order valence-electron chi connectivity index (χ4n) is 2.30. The van der Waals surface area contributed by atoms with Gasteiger partial charge in [0.15, 0.2) is 0 Å². The lowest BCUT2D eigenvalue weighted by molar-refractivity contribution is 0.131. The van der Waals surface area contributed by atoms with Gasteiger partial charge in [-0.05, 0) is 39.8 Å². The van der Waals surface area contributed by atoms with Crippen LogP contribution < -0.4 is 5.32 Å². The van der Waals surface area contributed by atoms with Gasteiger partial charge in [0.2, 0.25) is 0 Å². The Balaban J connectivity index is 2.31. The molecule has 0 spiro atoms. The Kier molecular flexibility index (Phi) is 4.85. The van der Waals surface area contributed by atoms with Gasteiger partial charge in [-0.1, -0.05) is 6.92 Å². The van der Waals surface area contributed by atoms with Crippen LogP contribution in [0.1, 0.15) is 33.6 Å². The molecule has 1 aliphatic rings. The van der Waals surface area contributed by atoms with Crippen LogP contribution in [0.25, 0.3) is 0 Å². The Morgan fingerprint density at radius 2 is 2.29 bits per heavy atom. The van der Waals surface area contributed by atoms with E-state index in [2.05, 4.69) is 24.1 Å². The molecule has 3 heteroatoms. The van der Waals surface area contributed by atoms with E-state index in [9.17, 15) is 0 Å². The minimum Gasteiger partial charge on any atom is -0.395 e. The molecule has 0 radical (unpaired) electrons. The SMILES string of the molecule is CCN1CCC(N[C@H](C)CO)CC1C. The monoisotopic (exact) mass is 200 g/mol. The molecule has 0 bridgehead atoms. The van der Waals surface area contributed by atoms with Crippen molar-refractivity contribution in [1.29, 1.82) is 0 Å². The van der Waals surface area contributed by atoms with Gasteiger partial charge in [-0.2, -0.15) is 0 Å². The van der Waals surface area contributed by atoms with Crippen LogP contribution in [0, 0.1) is 0 Å². The second-order valence-electron chi connectivity index (χ2n) is 4.45. The second kappa shape index (κ2) is 5.69. The molecule has 14 heavy (non-hydrogen) atoms. The van der Waals surface area contributed by atoms with Crippen molar-refractivity contribution in [3.05, 3.63) is 0 Å². The van der Waals surface area contributed by atoms with Gasteiger partial charge in [0.05, 0.1) is 6.61 Å². The number of nitrogens with zero attached hydrogens (tertiary/aromatic N) is 1. The van der Waals surface area contributed by atoms with E-state index in [4.69, 9.17) is 5.11 Å². The van der Waals surface area contributed by atoms with Gasteiger partial charge < -0.3 is 15.3 Å². The molecule has 0 saturated carbocycles. The summed E-state index contributed by atoms with van der Waals surface area (Å²) in [6, 6.07) is 1.51. The minimum atomic E-state index is 0.236. The summed E-state index contributed by atoms with van der Waals surface area (Å²) in [5.74, 6) is 0. The quantitative estimate of drug-likeness (QED) is 0.705. The summed E-state index contributed by atoms with van der Waals surface area (Å²) in [5, 5.41) is 12.4. The molecule has 0 aromatic carbocycles. The van der Waals surface area contributed by atoms with Crippen molar-refractivity contribution in [2.24, 2.45) is 0 Å². The van der Waals surface area contributed by atoms with E-state index in [1.54, 1.807) is 0 Å². The van der Waals surface area contributed by atoms with Crippen LogP contribution in [-0.2, 0) is 0 Å². The number of likely N-dealkylation sites (tertiary alicyclic amines) is 1. The first-order valence-electron chi connectivity index (χ1n) is 5.78. The molecule has 2 N–H and O–H groups in total. The molecule has 1 aliphatic heterocycles. The first-order valence-corrected chi connectivity index (χ1v) is 5.78. The number of hydrogen-bond acceptors (Lipinski definition) is 3. The van der Waals surface area contributed by atoms with Crippen molar-refractivity contribution in [2.75, 3.05) is 19.7 Å². The predicted molar refractivity (Wildman–Crippen MR) is 59.4 cm³/mol. The van der Waals surface area contributed by atoms with E-state index in [0.717, 1.165) is 6.54 Å². The molecular weight excluding hydrogens is 176 g/mol. The summed E-state index contributed by atoms with van der Waals surface area (Å²) in [6.45, 7) is 9.14. The molecule has 0 aromatic heterocycles. The normalized spacial score (nSPS) is 31.7. The third-order valence-corrected chi connectivity index (χ3v) is 3.21. The zero-order chi connectivity index (χ0) is 10.6. The Morgan fingerprint density at radius 1 is 1.57 bits per heavy atom. The van der Waals surface area contributed by atoms with E-state index in [1.165, 1.54) is 19.4 Å². The van der Waals surface area contributed by atoms with E-state index in [0.29, 0.717) is 12.1 Å². The lowest BCUT2D eigenvalue weighted by atomic mass is 9.98. The van der Waals surface area contributed by atoms with Crippen LogP contribution in [0.15, 0.2) is 0 Å². The molecule has 1 heterocycles. The average Bonchev–Trinajstić information content (AvgIpc) is 2.18. The Morgan fingerprint density at radius 3 is 2.79 bits per heavy atom. The Bertz CT molecular complexity index is 163. The van der Waals surface area contributed by atoms with Crippen molar-refractivity contribution < 1.29 is 5.11 Å².